The number of nitrogens with zero attached hydrogens (tertiary/aromatic N) is 4. The first kappa shape index (κ1) is 14.4. The number of likely N-dealkylation sites (tertiary alicyclic amines) is 1. The van der Waals surface area contributed by atoms with E-state index in [1.807, 2.05) is 0 Å². The molecule has 0 aromatic carbocycles. The van der Waals surface area contributed by atoms with E-state index in [1.165, 1.54) is 11.1 Å². The number of carboxylic acid groups (broad SMARTS) is 1. The van der Waals surface area contributed by atoms with Crippen molar-refractivity contribution < 1.29 is 9.90 Å². The van der Waals surface area contributed by atoms with E-state index in [0.717, 1.165) is 12.8 Å². The van der Waals surface area contributed by atoms with Crippen LogP contribution >= 0.6 is 27.5 Å². The average molecular weight is 375 g/mol. The Bertz CT molecular complexity index is 719. The van der Waals surface area contributed by atoms with Crippen molar-refractivity contribution in [2.75, 3.05) is 18.8 Å². The number of aromatic nitrogens is 3. The minimum atomic E-state index is -0.910. The number of amides is 1. The monoisotopic (exact) mass is 373 g/mol. The highest BCUT2D eigenvalue weighted by molar-refractivity contribution is 9.10. The molecule has 21 heavy (non-hydrogen) atoms. The van der Waals surface area contributed by atoms with Crippen LogP contribution < -0.4 is 5.73 Å². The van der Waals surface area contributed by atoms with E-state index in [4.69, 9.17) is 22.4 Å². The molecule has 1 amide bonds. The van der Waals surface area contributed by atoms with Crippen LogP contribution in [-0.2, 0) is 0 Å². The van der Waals surface area contributed by atoms with E-state index in [1.54, 1.807) is 4.40 Å². The van der Waals surface area contributed by atoms with Gasteiger partial charge in [0.15, 0.2) is 5.82 Å². The van der Waals surface area contributed by atoms with Gasteiger partial charge in [0.1, 0.15) is 21.1 Å². The van der Waals surface area contributed by atoms with Crippen LogP contribution in [-0.4, -0.2) is 43.6 Å². The molecule has 0 radical (unpaired) electrons. The Morgan fingerprint density at radius 3 is 3.05 bits per heavy atom. The first-order valence-corrected chi connectivity index (χ1v) is 7.62. The second-order valence-corrected chi connectivity index (χ2v) is 6.12. The third kappa shape index (κ3) is 2.42. The number of fused-ring (bicyclic) bond motifs is 1. The quantitative estimate of drug-likeness (QED) is 0.799. The highest BCUT2D eigenvalue weighted by atomic mass is 79.9. The molecule has 1 aliphatic rings. The van der Waals surface area contributed by atoms with Crippen molar-refractivity contribution >= 4 is 45.0 Å². The van der Waals surface area contributed by atoms with Crippen molar-refractivity contribution in [3.8, 4) is 0 Å². The van der Waals surface area contributed by atoms with Gasteiger partial charge in [0.05, 0.1) is 6.20 Å². The van der Waals surface area contributed by atoms with Gasteiger partial charge in [-0.15, -0.1) is 0 Å². The minimum Gasteiger partial charge on any atom is -0.465 e. The molecule has 1 aliphatic heterocycles. The molecule has 1 fully saturated rings. The molecule has 3 N–H and O–H groups in total. The molecule has 0 aliphatic carbocycles. The van der Waals surface area contributed by atoms with Gasteiger partial charge >= 0.3 is 6.09 Å². The van der Waals surface area contributed by atoms with Gasteiger partial charge in [-0.3, -0.25) is 4.40 Å². The van der Waals surface area contributed by atoms with Crippen LogP contribution in [0.15, 0.2) is 10.8 Å². The van der Waals surface area contributed by atoms with E-state index in [-0.39, 0.29) is 5.92 Å². The Labute approximate surface area is 133 Å². The summed E-state index contributed by atoms with van der Waals surface area (Å²) in [6, 6.07) is 0. The van der Waals surface area contributed by atoms with Crippen molar-refractivity contribution in [1.82, 2.24) is 19.3 Å². The van der Waals surface area contributed by atoms with E-state index in [0.29, 0.717) is 40.0 Å². The third-order valence-electron chi connectivity index (χ3n) is 3.68. The second kappa shape index (κ2) is 5.34. The van der Waals surface area contributed by atoms with Crippen molar-refractivity contribution in [3.05, 3.63) is 21.8 Å². The second-order valence-electron chi connectivity index (χ2n) is 4.98. The maximum absolute atomic E-state index is 11.2. The number of anilines is 1. The van der Waals surface area contributed by atoms with Gasteiger partial charge in [-0.2, -0.15) is 0 Å². The summed E-state index contributed by atoms with van der Waals surface area (Å²) < 4.78 is 2.31. The molecule has 0 spiro atoms. The number of hydrogen-bond acceptors (Lipinski definition) is 4. The smallest absolute Gasteiger partial charge is 0.407 e. The van der Waals surface area contributed by atoms with E-state index >= 15 is 0 Å². The molecular weight excluding hydrogens is 362 g/mol. The molecule has 2 aromatic heterocycles. The lowest BCUT2D eigenvalue weighted by Crippen LogP contribution is -2.38. The van der Waals surface area contributed by atoms with Crippen LogP contribution in [0.5, 0.6) is 0 Å². The summed E-state index contributed by atoms with van der Waals surface area (Å²) in [6.45, 7) is 0.952. The Morgan fingerprint density at radius 1 is 1.57 bits per heavy atom. The zero-order valence-corrected chi connectivity index (χ0v) is 13.3. The molecule has 0 bridgehead atoms. The van der Waals surface area contributed by atoms with Gasteiger partial charge in [0, 0.05) is 19.0 Å². The predicted octanol–water partition coefficient (Wildman–Crippen LogP) is 2.58. The highest BCUT2D eigenvalue weighted by Gasteiger charge is 2.29. The molecule has 112 valence electrons. The Hall–Kier alpha value is -1.54. The van der Waals surface area contributed by atoms with Crippen LogP contribution in [0.1, 0.15) is 24.6 Å². The predicted molar refractivity (Wildman–Crippen MR) is 81.7 cm³/mol. The van der Waals surface area contributed by atoms with Crippen LogP contribution in [0.25, 0.3) is 5.52 Å². The van der Waals surface area contributed by atoms with E-state index in [2.05, 4.69) is 25.9 Å². The largest absolute Gasteiger partial charge is 0.465 e. The van der Waals surface area contributed by atoms with Gasteiger partial charge in [0.2, 0.25) is 0 Å². The summed E-state index contributed by atoms with van der Waals surface area (Å²) in [5.41, 5.74) is 6.49. The summed E-state index contributed by atoms with van der Waals surface area (Å²) >= 11 is 9.59. The first-order valence-electron chi connectivity index (χ1n) is 6.44. The van der Waals surface area contributed by atoms with Crippen LogP contribution in [0.4, 0.5) is 10.6 Å². The number of halogens is 2. The lowest BCUT2D eigenvalue weighted by molar-refractivity contribution is 0.129. The standard InChI is InChI=1S/C12H13BrClN5O2/c13-9-8-10(15)16-4-7(14)19(8)11(17-9)6-2-1-3-18(5-6)12(20)21/h4,6H,1-3,5H2,(H2,15,16)(H,20,21). The number of piperidine rings is 1. The Morgan fingerprint density at radius 2 is 2.33 bits per heavy atom. The van der Waals surface area contributed by atoms with Gasteiger partial charge in [-0.05, 0) is 28.8 Å². The Kier molecular flexibility index (Phi) is 3.66. The number of imidazole rings is 1. The maximum Gasteiger partial charge on any atom is 0.407 e. The van der Waals surface area contributed by atoms with Crippen molar-refractivity contribution in [3.63, 3.8) is 0 Å². The normalized spacial score (nSPS) is 19.1. The van der Waals surface area contributed by atoms with Gasteiger partial charge < -0.3 is 15.7 Å². The first-order chi connectivity index (χ1) is 9.99. The third-order valence-corrected chi connectivity index (χ3v) is 4.50. The summed E-state index contributed by atoms with van der Waals surface area (Å²) in [6.07, 6.45) is 2.21. The van der Waals surface area contributed by atoms with Crippen LogP contribution in [0, 0.1) is 0 Å². The van der Waals surface area contributed by atoms with Crippen LogP contribution in [0.3, 0.4) is 0 Å². The summed E-state index contributed by atoms with van der Waals surface area (Å²) in [5.74, 6) is 1.02. The molecule has 3 heterocycles. The van der Waals surface area contributed by atoms with Crippen molar-refractivity contribution in [2.24, 2.45) is 0 Å². The SMILES string of the molecule is Nc1ncc(Cl)n2c(C3CCCN(C(=O)O)C3)nc(Br)c12. The van der Waals surface area contributed by atoms with Crippen molar-refractivity contribution in [1.29, 1.82) is 0 Å². The molecule has 1 unspecified atom stereocenters. The minimum absolute atomic E-state index is 0.0204. The number of carbonyl (C=O) groups is 1. The fourth-order valence-corrected chi connectivity index (χ4v) is 3.51. The zero-order valence-electron chi connectivity index (χ0n) is 11.0. The van der Waals surface area contributed by atoms with Crippen molar-refractivity contribution in [2.45, 2.75) is 18.8 Å². The van der Waals surface area contributed by atoms with E-state index in [9.17, 15) is 4.79 Å². The average Bonchev–Trinajstić information content (AvgIpc) is 2.82. The Balaban J connectivity index is 2.09. The fourth-order valence-electron chi connectivity index (χ4n) is 2.72. The number of rotatable bonds is 1. The van der Waals surface area contributed by atoms with E-state index < -0.39 is 6.09 Å². The lowest BCUT2D eigenvalue weighted by atomic mass is 9.97. The highest BCUT2D eigenvalue weighted by Crippen LogP contribution is 2.33. The maximum atomic E-state index is 11.2. The zero-order chi connectivity index (χ0) is 15.1. The fraction of sp³-hybridized carbons (Fsp3) is 0.417. The van der Waals surface area contributed by atoms with Gasteiger partial charge in [-0.1, -0.05) is 11.6 Å². The number of hydrogen-bond donors (Lipinski definition) is 2. The molecule has 7 nitrogen and oxygen atoms in total. The molecule has 3 rings (SSSR count). The summed E-state index contributed by atoms with van der Waals surface area (Å²) in [7, 11) is 0. The lowest BCUT2D eigenvalue weighted by Gasteiger charge is -2.30. The molecule has 1 saturated heterocycles. The molecule has 9 heteroatoms. The topological polar surface area (TPSA) is 96.8 Å². The number of nitrogens with two attached hydrogens (primary N) is 1. The van der Waals surface area contributed by atoms with Crippen LogP contribution in [0.2, 0.25) is 5.15 Å². The molecule has 1 atom stereocenters. The number of nitrogen functional groups attached to an aromatic ring is 1. The molecule has 0 saturated carbocycles. The molecular formula is C12H13BrClN5O2. The van der Waals surface area contributed by atoms with Gasteiger partial charge in [-0.25, -0.2) is 14.8 Å². The summed E-state index contributed by atoms with van der Waals surface area (Å²) in [5, 5.41) is 9.56. The van der Waals surface area contributed by atoms with Gasteiger partial charge in [0.25, 0.3) is 0 Å². The summed E-state index contributed by atoms with van der Waals surface area (Å²) in [4.78, 5) is 21.1. The molecule has 2 aromatic rings.